The van der Waals surface area contributed by atoms with Gasteiger partial charge in [0, 0.05) is 38.6 Å². The lowest BCUT2D eigenvalue weighted by Crippen LogP contribution is -2.48. The summed E-state index contributed by atoms with van der Waals surface area (Å²) in [5.74, 6) is -2.21. The number of para-hydroxylation sites is 1. The second kappa shape index (κ2) is 7.53. The van der Waals surface area contributed by atoms with E-state index in [-0.39, 0.29) is 11.3 Å². The van der Waals surface area contributed by atoms with Gasteiger partial charge in [0.15, 0.2) is 11.5 Å². The summed E-state index contributed by atoms with van der Waals surface area (Å²) in [5.41, 5.74) is 0.623. The molecule has 0 bridgehead atoms. The Morgan fingerprint density at radius 1 is 1.17 bits per heavy atom. The number of halogens is 1. The third kappa shape index (κ3) is 3.49. The molecular formula is C20H20ClN3O5. The molecule has 1 atom stereocenters. The van der Waals surface area contributed by atoms with E-state index in [1.807, 2.05) is 24.3 Å². The number of hydrogen-bond donors (Lipinski definition) is 2. The fourth-order valence-corrected chi connectivity index (χ4v) is 4.47. The van der Waals surface area contributed by atoms with E-state index >= 15 is 0 Å². The Hall–Kier alpha value is -2.84. The fraction of sp³-hybridized carbons (Fsp3) is 0.350. The normalized spacial score (nSPS) is 19.4. The van der Waals surface area contributed by atoms with E-state index in [0.717, 1.165) is 31.9 Å². The molecule has 2 aromatic rings. The molecule has 1 heterocycles. The third-order valence-electron chi connectivity index (χ3n) is 5.65. The SMILES string of the molecule is O=C1c2c(cc(O)c(O)c2[N+](=O)[O-])CC1CN1CCN(c2ccccc2Cl)CC1. The van der Waals surface area contributed by atoms with Crippen LogP contribution in [0.25, 0.3) is 0 Å². The molecule has 1 fully saturated rings. The number of carbonyl (C=O) groups excluding carboxylic acids is 1. The molecule has 9 heteroatoms. The summed E-state index contributed by atoms with van der Waals surface area (Å²) >= 11 is 6.27. The number of fused-ring (bicyclic) bond motifs is 1. The first-order chi connectivity index (χ1) is 13.9. The van der Waals surface area contributed by atoms with Crippen molar-refractivity contribution in [3.8, 4) is 11.5 Å². The number of nitro groups is 1. The van der Waals surface area contributed by atoms with Crippen molar-refractivity contribution >= 4 is 28.8 Å². The van der Waals surface area contributed by atoms with Crippen molar-refractivity contribution in [2.24, 2.45) is 5.92 Å². The second-order valence-corrected chi connectivity index (χ2v) is 7.80. The molecule has 0 radical (unpaired) electrons. The molecule has 2 N–H and O–H groups in total. The quantitative estimate of drug-likeness (QED) is 0.447. The van der Waals surface area contributed by atoms with Gasteiger partial charge in [-0.15, -0.1) is 0 Å². The highest BCUT2D eigenvalue weighted by atomic mass is 35.5. The van der Waals surface area contributed by atoms with Gasteiger partial charge in [-0.2, -0.15) is 0 Å². The number of ketones is 1. The number of Topliss-reactive ketones (excluding diaryl/α,β-unsaturated/α-hetero) is 1. The van der Waals surface area contributed by atoms with Crippen molar-refractivity contribution in [1.82, 2.24) is 4.90 Å². The summed E-state index contributed by atoms with van der Waals surface area (Å²) in [4.78, 5) is 27.7. The number of benzene rings is 2. The maximum atomic E-state index is 12.8. The number of hydrogen-bond acceptors (Lipinski definition) is 7. The lowest BCUT2D eigenvalue weighted by atomic mass is 10.0. The zero-order valence-corrected chi connectivity index (χ0v) is 16.3. The minimum atomic E-state index is -0.851. The molecule has 1 aliphatic heterocycles. The topological polar surface area (TPSA) is 107 Å². The van der Waals surface area contributed by atoms with Crippen LogP contribution in [0.1, 0.15) is 15.9 Å². The minimum absolute atomic E-state index is 0.0787. The smallest absolute Gasteiger partial charge is 0.325 e. The van der Waals surface area contributed by atoms with Gasteiger partial charge < -0.3 is 15.1 Å². The molecule has 4 rings (SSSR count). The standard InChI is InChI=1S/C20H20ClN3O5/c21-14-3-1-2-4-15(14)23-7-5-22(6-8-23)11-13-9-12-10-16(25)20(27)18(24(28)29)17(12)19(13)26/h1-4,10,13,25,27H,5-9,11H2. The van der Waals surface area contributed by atoms with Crippen LogP contribution >= 0.6 is 11.6 Å². The zero-order valence-electron chi connectivity index (χ0n) is 15.5. The van der Waals surface area contributed by atoms with Crippen molar-refractivity contribution in [2.45, 2.75) is 6.42 Å². The van der Waals surface area contributed by atoms with Gasteiger partial charge >= 0.3 is 5.69 Å². The monoisotopic (exact) mass is 417 g/mol. The summed E-state index contributed by atoms with van der Waals surface area (Å²) in [6, 6.07) is 8.92. The van der Waals surface area contributed by atoms with Crippen LogP contribution in [0.5, 0.6) is 11.5 Å². The molecule has 2 aliphatic rings. The van der Waals surface area contributed by atoms with Crippen LogP contribution in [-0.2, 0) is 6.42 Å². The lowest BCUT2D eigenvalue weighted by molar-refractivity contribution is -0.386. The van der Waals surface area contributed by atoms with Gasteiger partial charge in [-0.05, 0) is 30.2 Å². The largest absolute Gasteiger partial charge is 0.504 e. The van der Waals surface area contributed by atoms with Crippen LogP contribution in [-0.4, -0.2) is 58.5 Å². The van der Waals surface area contributed by atoms with E-state index in [2.05, 4.69) is 9.80 Å². The van der Waals surface area contributed by atoms with Crippen LogP contribution in [0.3, 0.4) is 0 Å². The number of phenols is 2. The van der Waals surface area contributed by atoms with Crippen LogP contribution in [0.15, 0.2) is 30.3 Å². The number of anilines is 1. The first-order valence-corrected chi connectivity index (χ1v) is 9.73. The summed E-state index contributed by atoms with van der Waals surface area (Å²) < 4.78 is 0. The maximum absolute atomic E-state index is 12.8. The Kier molecular flexibility index (Phi) is 5.06. The van der Waals surface area contributed by atoms with Gasteiger partial charge in [-0.25, -0.2) is 0 Å². The maximum Gasteiger partial charge on any atom is 0.325 e. The van der Waals surface area contributed by atoms with E-state index < -0.39 is 28.0 Å². The van der Waals surface area contributed by atoms with Crippen LogP contribution in [0.2, 0.25) is 5.02 Å². The van der Waals surface area contributed by atoms with E-state index in [0.29, 0.717) is 23.6 Å². The first-order valence-electron chi connectivity index (χ1n) is 9.35. The number of rotatable bonds is 4. The summed E-state index contributed by atoms with van der Waals surface area (Å²) in [6.07, 6.45) is 0.313. The van der Waals surface area contributed by atoms with Crippen molar-refractivity contribution in [1.29, 1.82) is 0 Å². The van der Waals surface area contributed by atoms with E-state index in [1.165, 1.54) is 6.07 Å². The van der Waals surface area contributed by atoms with Crippen LogP contribution < -0.4 is 4.90 Å². The van der Waals surface area contributed by atoms with Gasteiger partial charge in [-0.1, -0.05) is 23.7 Å². The summed E-state index contributed by atoms with van der Waals surface area (Å²) in [5, 5.41) is 31.7. The Morgan fingerprint density at radius 3 is 2.52 bits per heavy atom. The third-order valence-corrected chi connectivity index (χ3v) is 5.97. The Labute approximate surface area is 172 Å². The summed E-state index contributed by atoms with van der Waals surface area (Å²) in [6.45, 7) is 3.48. The molecule has 0 amide bonds. The van der Waals surface area contributed by atoms with Crippen molar-refractivity contribution in [3.63, 3.8) is 0 Å². The van der Waals surface area contributed by atoms with Gasteiger partial charge in [0.2, 0.25) is 5.75 Å². The van der Waals surface area contributed by atoms with Crippen molar-refractivity contribution in [2.75, 3.05) is 37.6 Å². The zero-order chi connectivity index (χ0) is 20.7. The number of nitro benzene ring substituents is 1. The number of phenolic OH excluding ortho intramolecular Hbond substituents is 2. The van der Waals surface area contributed by atoms with E-state index in [4.69, 9.17) is 11.6 Å². The molecule has 1 saturated heterocycles. The molecule has 8 nitrogen and oxygen atoms in total. The van der Waals surface area contributed by atoms with Gasteiger partial charge in [0.05, 0.1) is 15.6 Å². The molecule has 0 spiro atoms. The number of carbonyl (C=O) groups is 1. The molecule has 29 heavy (non-hydrogen) atoms. The molecule has 2 aromatic carbocycles. The molecule has 1 unspecified atom stereocenters. The number of nitrogens with zero attached hydrogens (tertiary/aromatic N) is 3. The van der Waals surface area contributed by atoms with Gasteiger partial charge in [0.25, 0.3) is 0 Å². The average Bonchev–Trinajstić information content (AvgIpc) is 2.98. The van der Waals surface area contributed by atoms with Gasteiger partial charge in [-0.3, -0.25) is 19.8 Å². The number of piperazine rings is 1. The molecule has 1 aliphatic carbocycles. The minimum Gasteiger partial charge on any atom is -0.504 e. The predicted molar refractivity (Wildman–Crippen MR) is 108 cm³/mol. The Balaban J connectivity index is 1.45. The van der Waals surface area contributed by atoms with E-state index in [1.54, 1.807) is 0 Å². The van der Waals surface area contributed by atoms with Crippen molar-refractivity contribution < 1.29 is 19.9 Å². The highest BCUT2D eigenvalue weighted by Crippen LogP contribution is 2.44. The Morgan fingerprint density at radius 2 is 1.86 bits per heavy atom. The Bertz CT molecular complexity index is 988. The highest BCUT2D eigenvalue weighted by Gasteiger charge is 2.41. The predicted octanol–water partition coefficient (Wildman–Crippen LogP) is 2.84. The van der Waals surface area contributed by atoms with Gasteiger partial charge in [0.1, 0.15) is 5.56 Å². The molecular weight excluding hydrogens is 398 g/mol. The van der Waals surface area contributed by atoms with E-state index in [9.17, 15) is 25.1 Å². The fourth-order valence-electron chi connectivity index (χ4n) is 4.21. The highest BCUT2D eigenvalue weighted by molar-refractivity contribution is 6.33. The summed E-state index contributed by atoms with van der Waals surface area (Å²) in [7, 11) is 0. The first kappa shape index (κ1) is 19.5. The number of aromatic hydroxyl groups is 2. The average molecular weight is 418 g/mol. The molecule has 0 aromatic heterocycles. The second-order valence-electron chi connectivity index (χ2n) is 7.39. The van der Waals surface area contributed by atoms with Crippen LogP contribution in [0.4, 0.5) is 11.4 Å². The molecule has 0 saturated carbocycles. The molecule has 152 valence electrons. The lowest BCUT2D eigenvalue weighted by Gasteiger charge is -2.37. The van der Waals surface area contributed by atoms with Crippen molar-refractivity contribution in [3.05, 3.63) is 56.6 Å². The van der Waals surface area contributed by atoms with Crippen LogP contribution in [0, 0.1) is 16.0 Å².